The lowest BCUT2D eigenvalue weighted by molar-refractivity contribution is -0.121. The highest BCUT2D eigenvalue weighted by molar-refractivity contribution is 7.71. The van der Waals surface area contributed by atoms with Crippen molar-refractivity contribution < 1.29 is 28.8 Å². The number of aromatic nitrogens is 2. The number of rotatable bonds is 3. The van der Waals surface area contributed by atoms with E-state index in [-0.39, 0.29) is 0 Å². The van der Waals surface area contributed by atoms with Crippen molar-refractivity contribution in [3.05, 3.63) is 27.1 Å². The number of aromatic amines is 1. The van der Waals surface area contributed by atoms with Crippen LogP contribution in [0.4, 0.5) is 8.78 Å². The maximum absolute atomic E-state index is 13.4. The van der Waals surface area contributed by atoms with Gasteiger partial charge in [0.2, 0.25) is 0 Å². The Balaban J connectivity index is 2.54. The van der Waals surface area contributed by atoms with Crippen molar-refractivity contribution in [2.75, 3.05) is 13.3 Å². The van der Waals surface area contributed by atoms with Crippen LogP contribution in [0.15, 0.2) is 11.0 Å². The number of halogens is 2. The molecule has 0 radical (unpaired) electrons. The van der Waals surface area contributed by atoms with E-state index in [0.717, 1.165) is 0 Å². The molecule has 0 aliphatic carbocycles. The van der Waals surface area contributed by atoms with Crippen LogP contribution in [0.3, 0.4) is 0 Å². The lowest BCUT2D eigenvalue weighted by Crippen LogP contribution is -2.50. The Labute approximate surface area is 116 Å². The Hall–Kier alpha value is -1.20. The molecule has 10 heteroatoms. The summed E-state index contributed by atoms with van der Waals surface area (Å²) in [6.07, 6.45) is -4.15. The summed E-state index contributed by atoms with van der Waals surface area (Å²) < 4.78 is 31.6. The lowest BCUT2D eigenvalue weighted by atomic mass is 9.95. The van der Waals surface area contributed by atoms with Gasteiger partial charge in [-0.05, 0) is 0 Å². The number of ether oxygens (including phenoxy) is 1. The predicted molar refractivity (Wildman–Crippen MR) is 63.8 cm³/mol. The molecule has 1 aromatic heterocycles. The van der Waals surface area contributed by atoms with Crippen LogP contribution in [-0.2, 0) is 4.74 Å². The number of H-pyrrole nitrogens is 1. The zero-order valence-corrected chi connectivity index (χ0v) is 10.8. The van der Waals surface area contributed by atoms with Gasteiger partial charge in [-0.25, -0.2) is 13.6 Å². The van der Waals surface area contributed by atoms with Crippen LogP contribution in [-0.4, -0.2) is 56.0 Å². The molecule has 0 bridgehead atoms. The van der Waals surface area contributed by atoms with Crippen molar-refractivity contribution in [1.29, 1.82) is 0 Å². The standard InChI is InChI=1S/C10H12F2N2O5S/c11-3-10(18)6(16)5(2-15)19-8(10)14-1-4(12)7(20)13-9(14)17/h1,5-6,8,15-16,18H,2-3H2,(H,13,17,20)/t5-,6+,8-,10?/m1/s1. The minimum atomic E-state index is -2.49. The molecule has 0 amide bonds. The van der Waals surface area contributed by atoms with Crippen LogP contribution < -0.4 is 5.69 Å². The third-order valence-corrected chi connectivity index (χ3v) is 3.46. The number of hydrogen-bond donors (Lipinski definition) is 4. The molecule has 1 saturated heterocycles. The number of nitrogens with one attached hydrogen (secondary N) is 1. The Kier molecular flexibility index (Phi) is 4.02. The van der Waals surface area contributed by atoms with Gasteiger partial charge in [-0.15, -0.1) is 0 Å². The van der Waals surface area contributed by atoms with Gasteiger partial charge in [0.25, 0.3) is 0 Å². The van der Waals surface area contributed by atoms with Gasteiger partial charge in [-0.2, -0.15) is 0 Å². The van der Waals surface area contributed by atoms with E-state index in [1.54, 1.807) is 0 Å². The Bertz CT molecular complexity index is 620. The Morgan fingerprint density at radius 2 is 2.25 bits per heavy atom. The third-order valence-electron chi connectivity index (χ3n) is 3.17. The van der Waals surface area contributed by atoms with Crippen molar-refractivity contribution in [1.82, 2.24) is 9.55 Å². The van der Waals surface area contributed by atoms with Crippen molar-refractivity contribution in [2.45, 2.75) is 24.0 Å². The quantitative estimate of drug-likeness (QED) is 0.533. The lowest BCUT2D eigenvalue weighted by Gasteiger charge is -2.28. The van der Waals surface area contributed by atoms with Crippen LogP contribution in [0.25, 0.3) is 0 Å². The summed E-state index contributed by atoms with van der Waals surface area (Å²) in [6.45, 7) is -2.17. The molecule has 4 N–H and O–H groups in total. The molecule has 0 spiro atoms. The molecule has 0 aromatic carbocycles. The van der Waals surface area contributed by atoms with Crippen LogP contribution in [0.1, 0.15) is 6.23 Å². The second-order valence-electron chi connectivity index (χ2n) is 4.42. The molecular weight excluding hydrogens is 298 g/mol. The fraction of sp³-hybridized carbons (Fsp3) is 0.600. The van der Waals surface area contributed by atoms with Gasteiger partial charge in [-0.1, -0.05) is 12.2 Å². The molecule has 1 aliphatic heterocycles. The monoisotopic (exact) mass is 310 g/mol. The summed E-state index contributed by atoms with van der Waals surface area (Å²) >= 11 is 4.52. The summed E-state index contributed by atoms with van der Waals surface area (Å²) in [6, 6.07) is 0. The summed E-state index contributed by atoms with van der Waals surface area (Å²) in [5.74, 6) is -0.980. The molecule has 0 saturated carbocycles. The number of aliphatic hydroxyl groups excluding tert-OH is 2. The van der Waals surface area contributed by atoms with E-state index in [1.807, 2.05) is 4.98 Å². The minimum absolute atomic E-state index is 0.452. The molecular formula is C10H12F2N2O5S. The highest BCUT2D eigenvalue weighted by atomic mass is 32.1. The highest BCUT2D eigenvalue weighted by Crippen LogP contribution is 2.38. The van der Waals surface area contributed by atoms with Crippen molar-refractivity contribution in [3.63, 3.8) is 0 Å². The zero-order valence-electron chi connectivity index (χ0n) is 9.99. The van der Waals surface area contributed by atoms with Gasteiger partial charge >= 0.3 is 5.69 Å². The van der Waals surface area contributed by atoms with Crippen LogP contribution in [0.5, 0.6) is 0 Å². The average molecular weight is 310 g/mol. The number of hydrogen-bond acceptors (Lipinski definition) is 6. The molecule has 1 fully saturated rings. The first kappa shape index (κ1) is 15.2. The number of aliphatic hydroxyl groups is 3. The molecule has 20 heavy (non-hydrogen) atoms. The van der Waals surface area contributed by atoms with Gasteiger partial charge in [-0.3, -0.25) is 9.55 Å². The molecule has 1 unspecified atom stereocenters. The van der Waals surface area contributed by atoms with E-state index in [1.165, 1.54) is 0 Å². The van der Waals surface area contributed by atoms with Crippen molar-refractivity contribution >= 4 is 12.2 Å². The largest absolute Gasteiger partial charge is 0.394 e. The average Bonchev–Trinajstić information content (AvgIpc) is 2.67. The molecule has 1 aromatic rings. The summed E-state index contributed by atoms with van der Waals surface area (Å²) in [5.41, 5.74) is -3.43. The topological polar surface area (TPSA) is 108 Å². The van der Waals surface area contributed by atoms with Crippen LogP contribution >= 0.6 is 12.2 Å². The Morgan fingerprint density at radius 1 is 1.60 bits per heavy atom. The Morgan fingerprint density at radius 3 is 2.80 bits per heavy atom. The maximum atomic E-state index is 13.4. The number of alkyl halides is 1. The summed E-state index contributed by atoms with van der Waals surface area (Å²) in [4.78, 5) is 13.7. The second kappa shape index (κ2) is 5.30. The molecule has 1 aliphatic rings. The van der Waals surface area contributed by atoms with Gasteiger partial charge in [0, 0.05) is 0 Å². The normalized spacial score (nSPS) is 33.5. The minimum Gasteiger partial charge on any atom is -0.394 e. The smallest absolute Gasteiger partial charge is 0.328 e. The third kappa shape index (κ3) is 2.19. The first-order chi connectivity index (χ1) is 9.35. The van der Waals surface area contributed by atoms with E-state index in [9.17, 15) is 23.8 Å². The first-order valence-corrected chi connectivity index (χ1v) is 5.99. The van der Waals surface area contributed by atoms with E-state index in [0.29, 0.717) is 10.8 Å². The highest BCUT2D eigenvalue weighted by Gasteiger charge is 2.56. The second-order valence-corrected chi connectivity index (χ2v) is 4.83. The zero-order chi connectivity index (χ0) is 15.1. The van der Waals surface area contributed by atoms with Gasteiger partial charge in [0.15, 0.2) is 17.6 Å². The van der Waals surface area contributed by atoms with Gasteiger partial charge in [0.05, 0.1) is 12.8 Å². The van der Waals surface area contributed by atoms with E-state index in [2.05, 4.69) is 12.2 Å². The first-order valence-electron chi connectivity index (χ1n) is 5.59. The predicted octanol–water partition coefficient (Wildman–Crippen LogP) is -1.00. The molecule has 2 heterocycles. The molecule has 4 atom stereocenters. The van der Waals surface area contributed by atoms with Gasteiger partial charge in [0.1, 0.15) is 23.5 Å². The maximum Gasteiger partial charge on any atom is 0.328 e. The fourth-order valence-corrected chi connectivity index (χ4v) is 2.20. The van der Waals surface area contributed by atoms with E-state index in [4.69, 9.17) is 9.84 Å². The summed E-state index contributed by atoms with van der Waals surface area (Å²) in [7, 11) is 0. The van der Waals surface area contributed by atoms with Crippen LogP contribution in [0, 0.1) is 10.5 Å². The SMILES string of the molecule is O=c1[nH]c(=S)c(F)cn1[C@@H]1O[C@H](CO)[C@H](O)C1(O)CF. The van der Waals surface area contributed by atoms with E-state index >= 15 is 0 Å². The summed E-state index contributed by atoms with van der Waals surface area (Å²) in [5, 5.41) is 28.8. The van der Waals surface area contributed by atoms with Gasteiger partial charge < -0.3 is 20.1 Å². The molecule has 112 valence electrons. The number of nitrogens with zero attached hydrogens (tertiary/aromatic N) is 1. The molecule has 2 rings (SSSR count). The fourth-order valence-electron chi connectivity index (χ4n) is 2.06. The molecule has 7 nitrogen and oxygen atoms in total. The van der Waals surface area contributed by atoms with Crippen LogP contribution in [0.2, 0.25) is 0 Å². The van der Waals surface area contributed by atoms with E-state index < -0.39 is 53.5 Å². The van der Waals surface area contributed by atoms with Crippen molar-refractivity contribution in [2.24, 2.45) is 0 Å². The van der Waals surface area contributed by atoms with Crippen molar-refractivity contribution in [3.8, 4) is 0 Å².